The molecule has 0 radical (unpaired) electrons. The SMILES string of the molecule is O=C(c1ccc2c(n1)OCCO2)N1CCN(CCc2ccccc2)CC1. The second kappa shape index (κ2) is 7.74. The van der Waals surface area contributed by atoms with Crippen molar-refractivity contribution in [2.45, 2.75) is 6.42 Å². The number of carbonyl (C=O) groups is 1. The number of hydrogen-bond acceptors (Lipinski definition) is 5. The van der Waals surface area contributed by atoms with E-state index in [-0.39, 0.29) is 5.91 Å². The number of piperazine rings is 1. The van der Waals surface area contributed by atoms with Gasteiger partial charge >= 0.3 is 0 Å². The number of amides is 1. The van der Waals surface area contributed by atoms with Gasteiger partial charge in [0.1, 0.15) is 18.9 Å². The summed E-state index contributed by atoms with van der Waals surface area (Å²) in [6.45, 7) is 5.25. The molecule has 1 amide bonds. The third kappa shape index (κ3) is 3.80. The van der Waals surface area contributed by atoms with Crippen molar-refractivity contribution in [2.75, 3.05) is 45.9 Å². The number of nitrogens with zero attached hydrogens (tertiary/aromatic N) is 3. The predicted molar refractivity (Wildman–Crippen MR) is 97.7 cm³/mol. The number of carbonyl (C=O) groups excluding carboxylic acids is 1. The van der Waals surface area contributed by atoms with Crippen LogP contribution in [-0.4, -0.2) is 66.6 Å². The average molecular weight is 353 g/mol. The molecule has 0 aliphatic carbocycles. The molecule has 136 valence electrons. The molecule has 4 rings (SSSR count). The molecule has 1 saturated heterocycles. The Morgan fingerprint density at radius 3 is 2.54 bits per heavy atom. The average Bonchev–Trinajstić information content (AvgIpc) is 2.72. The lowest BCUT2D eigenvalue weighted by molar-refractivity contribution is 0.0630. The number of ether oxygens (including phenoxy) is 2. The molecule has 1 aromatic carbocycles. The van der Waals surface area contributed by atoms with E-state index in [9.17, 15) is 4.79 Å². The number of hydrogen-bond donors (Lipinski definition) is 0. The zero-order chi connectivity index (χ0) is 17.8. The van der Waals surface area contributed by atoms with E-state index in [1.807, 2.05) is 11.0 Å². The number of rotatable bonds is 4. The maximum absolute atomic E-state index is 12.7. The van der Waals surface area contributed by atoms with Crippen molar-refractivity contribution in [2.24, 2.45) is 0 Å². The summed E-state index contributed by atoms with van der Waals surface area (Å²) in [4.78, 5) is 21.3. The standard InChI is InChI=1S/C20H23N3O3/c24-20(17-6-7-18-19(21-17)26-15-14-25-18)23-12-10-22(11-13-23)9-8-16-4-2-1-3-5-16/h1-7H,8-15H2. The van der Waals surface area contributed by atoms with Crippen LogP contribution in [0.2, 0.25) is 0 Å². The molecule has 2 aliphatic heterocycles. The molecule has 0 saturated carbocycles. The molecule has 0 unspecified atom stereocenters. The van der Waals surface area contributed by atoms with Gasteiger partial charge in [0.15, 0.2) is 5.75 Å². The van der Waals surface area contributed by atoms with Crippen molar-refractivity contribution in [1.29, 1.82) is 0 Å². The van der Waals surface area contributed by atoms with Crippen LogP contribution in [0.1, 0.15) is 16.1 Å². The van der Waals surface area contributed by atoms with Crippen LogP contribution in [-0.2, 0) is 6.42 Å². The van der Waals surface area contributed by atoms with Crippen LogP contribution in [0.5, 0.6) is 11.6 Å². The minimum Gasteiger partial charge on any atom is -0.484 e. The third-order valence-electron chi connectivity index (χ3n) is 4.84. The Hall–Kier alpha value is -2.60. The largest absolute Gasteiger partial charge is 0.484 e. The molecule has 2 aliphatic rings. The van der Waals surface area contributed by atoms with Gasteiger partial charge in [0.05, 0.1) is 0 Å². The van der Waals surface area contributed by atoms with Gasteiger partial charge in [0, 0.05) is 32.7 Å². The fraction of sp³-hybridized carbons (Fsp3) is 0.400. The van der Waals surface area contributed by atoms with Crippen molar-refractivity contribution < 1.29 is 14.3 Å². The van der Waals surface area contributed by atoms with Crippen LogP contribution < -0.4 is 9.47 Å². The van der Waals surface area contributed by atoms with E-state index in [1.54, 1.807) is 12.1 Å². The van der Waals surface area contributed by atoms with Gasteiger partial charge in [-0.05, 0) is 24.1 Å². The smallest absolute Gasteiger partial charge is 0.272 e. The molecular formula is C20H23N3O3. The quantitative estimate of drug-likeness (QED) is 0.840. The molecule has 0 atom stereocenters. The zero-order valence-electron chi connectivity index (χ0n) is 14.8. The Labute approximate surface area is 153 Å². The first kappa shape index (κ1) is 16.8. The van der Waals surface area contributed by atoms with Crippen LogP contribution in [0.25, 0.3) is 0 Å². The lowest BCUT2D eigenvalue weighted by Gasteiger charge is -2.34. The van der Waals surface area contributed by atoms with Crippen LogP contribution in [0, 0.1) is 0 Å². The van der Waals surface area contributed by atoms with E-state index in [2.05, 4.69) is 34.1 Å². The molecule has 0 bridgehead atoms. The topological polar surface area (TPSA) is 54.9 Å². The second-order valence-electron chi connectivity index (χ2n) is 6.57. The summed E-state index contributed by atoms with van der Waals surface area (Å²) in [5.41, 5.74) is 1.78. The Balaban J connectivity index is 1.31. The highest BCUT2D eigenvalue weighted by Gasteiger charge is 2.24. The molecular weight excluding hydrogens is 330 g/mol. The van der Waals surface area contributed by atoms with Crippen molar-refractivity contribution >= 4 is 5.91 Å². The molecule has 3 heterocycles. The molecule has 6 heteroatoms. The maximum Gasteiger partial charge on any atom is 0.272 e. The van der Waals surface area contributed by atoms with Gasteiger partial charge < -0.3 is 14.4 Å². The minimum atomic E-state index is -0.0373. The van der Waals surface area contributed by atoms with Gasteiger partial charge in [-0.15, -0.1) is 0 Å². The lowest BCUT2D eigenvalue weighted by atomic mass is 10.1. The van der Waals surface area contributed by atoms with Crippen LogP contribution >= 0.6 is 0 Å². The zero-order valence-corrected chi connectivity index (χ0v) is 14.8. The summed E-state index contributed by atoms with van der Waals surface area (Å²) in [6.07, 6.45) is 1.04. The van der Waals surface area contributed by atoms with Crippen molar-refractivity contribution in [3.8, 4) is 11.6 Å². The minimum absolute atomic E-state index is 0.0373. The van der Waals surface area contributed by atoms with Crippen LogP contribution in [0.3, 0.4) is 0 Å². The fourth-order valence-electron chi connectivity index (χ4n) is 3.32. The van der Waals surface area contributed by atoms with Crippen molar-refractivity contribution in [3.05, 3.63) is 53.7 Å². The first-order valence-corrected chi connectivity index (χ1v) is 9.12. The summed E-state index contributed by atoms with van der Waals surface area (Å²) in [5, 5.41) is 0. The number of pyridine rings is 1. The Morgan fingerprint density at radius 2 is 1.73 bits per heavy atom. The monoisotopic (exact) mass is 353 g/mol. The first-order chi connectivity index (χ1) is 12.8. The molecule has 1 fully saturated rings. The molecule has 0 N–H and O–H groups in total. The van der Waals surface area contributed by atoms with E-state index in [0.717, 1.165) is 39.1 Å². The Bertz CT molecular complexity index is 758. The van der Waals surface area contributed by atoms with E-state index in [4.69, 9.17) is 9.47 Å². The Morgan fingerprint density at radius 1 is 0.962 bits per heavy atom. The van der Waals surface area contributed by atoms with Gasteiger partial charge in [-0.2, -0.15) is 0 Å². The Kier molecular flexibility index (Phi) is 5.02. The maximum atomic E-state index is 12.7. The molecule has 1 aromatic heterocycles. The third-order valence-corrected chi connectivity index (χ3v) is 4.84. The predicted octanol–water partition coefficient (Wildman–Crippen LogP) is 1.85. The molecule has 6 nitrogen and oxygen atoms in total. The van der Waals surface area contributed by atoms with Gasteiger partial charge in [0.2, 0.25) is 0 Å². The highest BCUT2D eigenvalue weighted by Crippen LogP contribution is 2.27. The number of fused-ring (bicyclic) bond motifs is 1. The highest BCUT2D eigenvalue weighted by atomic mass is 16.6. The van der Waals surface area contributed by atoms with Crippen molar-refractivity contribution in [3.63, 3.8) is 0 Å². The van der Waals surface area contributed by atoms with E-state index in [0.29, 0.717) is 30.5 Å². The lowest BCUT2D eigenvalue weighted by Crippen LogP contribution is -2.49. The fourth-order valence-corrected chi connectivity index (χ4v) is 3.32. The summed E-state index contributed by atoms with van der Waals surface area (Å²) < 4.78 is 10.9. The van der Waals surface area contributed by atoms with Gasteiger partial charge in [-0.25, -0.2) is 4.98 Å². The van der Waals surface area contributed by atoms with Crippen LogP contribution in [0.4, 0.5) is 0 Å². The van der Waals surface area contributed by atoms with Gasteiger partial charge in [-0.3, -0.25) is 9.69 Å². The first-order valence-electron chi connectivity index (χ1n) is 9.12. The summed E-state index contributed by atoms with van der Waals surface area (Å²) in [6, 6.07) is 14.0. The summed E-state index contributed by atoms with van der Waals surface area (Å²) in [5.74, 6) is 0.992. The summed E-state index contributed by atoms with van der Waals surface area (Å²) >= 11 is 0. The normalized spacial score (nSPS) is 17.2. The van der Waals surface area contributed by atoms with E-state index < -0.39 is 0 Å². The van der Waals surface area contributed by atoms with Crippen LogP contribution in [0.15, 0.2) is 42.5 Å². The summed E-state index contributed by atoms with van der Waals surface area (Å²) in [7, 11) is 0. The molecule has 2 aromatic rings. The second-order valence-corrected chi connectivity index (χ2v) is 6.57. The molecule has 26 heavy (non-hydrogen) atoms. The number of benzene rings is 1. The highest BCUT2D eigenvalue weighted by molar-refractivity contribution is 5.92. The van der Waals surface area contributed by atoms with E-state index in [1.165, 1.54) is 5.56 Å². The van der Waals surface area contributed by atoms with Gasteiger partial charge in [-0.1, -0.05) is 30.3 Å². The van der Waals surface area contributed by atoms with Crippen molar-refractivity contribution in [1.82, 2.24) is 14.8 Å². The number of aromatic nitrogens is 1. The molecule has 0 spiro atoms. The van der Waals surface area contributed by atoms with E-state index >= 15 is 0 Å². The van der Waals surface area contributed by atoms with Gasteiger partial charge in [0.25, 0.3) is 11.8 Å².